The molecule has 4 heteroatoms. The van der Waals surface area contributed by atoms with E-state index in [1.54, 1.807) is 6.92 Å². The van der Waals surface area contributed by atoms with Crippen LogP contribution < -0.4 is 10.7 Å². The molecule has 4 nitrogen and oxygen atoms in total. The molecule has 1 aromatic heterocycles. The quantitative estimate of drug-likeness (QED) is 0.756. The van der Waals surface area contributed by atoms with Crippen LogP contribution in [0.5, 0.6) is 0 Å². The van der Waals surface area contributed by atoms with Crippen molar-refractivity contribution in [3.63, 3.8) is 0 Å². The molecule has 0 unspecified atom stereocenters. The summed E-state index contributed by atoms with van der Waals surface area (Å²) in [5.74, 6) is -0.410. The summed E-state index contributed by atoms with van der Waals surface area (Å²) in [5, 5.41) is 4.78. The van der Waals surface area contributed by atoms with Gasteiger partial charge in [0.25, 0.3) is 5.91 Å². The van der Waals surface area contributed by atoms with Crippen molar-refractivity contribution in [3.05, 3.63) is 76.2 Å². The number of hydrogen-bond acceptors (Lipinski definition) is 2. The number of H-pyrrole nitrogens is 1. The van der Waals surface area contributed by atoms with Crippen LogP contribution in [0.1, 0.15) is 16.1 Å². The van der Waals surface area contributed by atoms with Crippen LogP contribution >= 0.6 is 0 Å². The second-order valence-electron chi connectivity index (χ2n) is 4.87. The number of aromatic nitrogens is 1. The van der Waals surface area contributed by atoms with Gasteiger partial charge in [-0.1, -0.05) is 36.4 Å². The van der Waals surface area contributed by atoms with Crippen LogP contribution in [-0.4, -0.2) is 10.9 Å². The van der Waals surface area contributed by atoms with Crippen molar-refractivity contribution in [2.45, 2.75) is 6.92 Å². The van der Waals surface area contributed by atoms with Gasteiger partial charge in [-0.2, -0.15) is 0 Å². The van der Waals surface area contributed by atoms with Crippen molar-refractivity contribution in [1.29, 1.82) is 0 Å². The van der Waals surface area contributed by atoms with Gasteiger partial charge in [-0.05, 0) is 18.4 Å². The maximum absolute atomic E-state index is 12.3. The van der Waals surface area contributed by atoms with E-state index in [4.69, 9.17) is 0 Å². The first kappa shape index (κ1) is 13.1. The number of benzene rings is 2. The zero-order valence-corrected chi connectivity index (χ0v) is 11.5. The van der Waals surface area contributed by atoms with Crippen LogP contribution in [0, 0.1) is 6.92 Å². The summed E-state index contributed by atoms with van der Waals surface area (Å²) in [4.78, 5) is 27.0. The zero-order chi connectivity index (χ0) is 14.8. The SMILES string of the molecule is Cc1cc(=O)c(C(=O)Nc2cccc3ccccc23)c[nH]1. The second-order valence-corrected chi connectivity index (χ2v) is 4.87. The number of anilines is 1. The van der Waals surface area contributed by atoms with Crippen LogP contribution in [-0.2, 0) is 0 Å². The number of aromatic amines is 1. The molecule has 2 N–H and O–H groups in total. The highest BCUT2D eigenvalue weighted by atomic mass is 16.2. The van der Waals surface area contributed by atoms with Crippen molar-refractivity contribution in [3.8, 4) is 0 Å². The monoisotopic (exact) mass is 278 g/mol. The molecule has 3 rings (SSSR count). The number of aryl methyl sites for hydroxylation is 1. The molecule has 0 saturated carbocycles. The van der Waals surface area contributed by atoms with Gasteiger partial charge < -0.3 is 10.3 Å². The highest BCUT2D eigenvalue weighted by molar-refractivity contribution is 6.08. The third kappa shape index (κ3) is 2.56. The molecule has 0 bridgehead atoms. The molecule has 0 saturated heterocycles. The molecular weight excluding hydrogens is 264 g/mol. The molecule has 21 heavy (non-hydrogen) atoms. The van der Waals surface area contributed by atoms with E-state index in [2.05, 4.69) is 10.3 Å². The van der Waals surface area contributed by atoms with Crippen molar-refractivity contribution in [2.24, 2.45) is 0 Å². The lowest BCUT2D eigenvalue weighted by molar-refractivity contribution is 0.102. The van der Waals surface area contributed by atoms with Crippen LogP contribution in [0.4, 0.5) is 5.69 Å². The Bertz CT molecular complexity index is 876. The van der Waals surface area contributed by atoms with Gasteiger partial charge >= 0.3 is 0 Å². The number of carbonyl (C=O) groups excluding carboxylic acids is 1. The van der Waals surface area contributed by atoms with Gasteiger partial charge in [-0.15, -0.1) is 0 Å². The van der Waals surface area contributed by atoms with E-state index in [1.807, 2.05) is 42.5 Å². The number of nitrogens with one attached hydrogen (secondary N) is 2. The normalized spacial score (nSPS) is 10.5. The van der Waals surface area contributed by atoms with Gasteiger partial charge in [0.05, 0.1) is 0 Å². The van der Waals surface area contributed by atoms with Gasteiger partial charge in [0.1, 0.15) is 5.56 Å². The standard InChI is InChI=1S/C17H14N2O2/c1-11-9-16(20)14(10-18-11)17(21)19-15-8-4-6-12-5-2-3-7-13(12)15/h2-10H,1H3,(H,18,20)(H,19,21). The summed E-state index contributed by atoms with van der Waals surface area (Å²) < 4.78 is 0. The predicted octanol–water partition coefficient (Wildman–Crippen LogP) is 3.09. The first-order valence-electron chi connectivity index (χ1n) is 6.63. The highest BCUT2D eigenvalue weighted by Crippen LogP contribution is 2.23. The molecule has 0 aliphatic carbocycles. The fourth-order valence-corrected chi connectivity index (χ4v) is 2.27. The Morgan fingerprint density at radius 3 is 2.67 bits per heavy atom. The average Bonchev–Trinajstić information content (AvgIpc) is 2.47. The van der Waals surface area contributed by atoms with E-state index in [-0.39, 0.29) is 11.0 Å². The minimum atomic E-state index is -0.410. The molecule has 3 aromatic rings. The fourth-order valence-electron chi connectivity index (χ4n) is 2.27. The number of pyridine rings is 1. The first-order chi connectivity index (χ1) is 10.1. The summed E-state index contributed by atoms with van der Waals surface area (Å²) in [5.41, 5.74) is 1.23. The summed E-state index contributed by atoms with van der Waals surface area (Å²) in [6.07, 6.45) is 1.44. The summed E-state index contributed by atoms with van der Waals surface area (Å²) in [6.45, 7) is 1.77. The van der Waals surface area contributed by atoms with Crippen LogP contribution in [0.15, 0.2) is 59.5 Å². The van der Waals surface area contributed by atoms with Crippen molar-refractivity contribution in [1.82, 2.24) is 4.98 Å². The second kappa shape index (κ2) is 5.25. The Balaban J connectivity index is 1.99. The average molecular weight is 278 g/mol. The Labute approximate surface area is 121 Å². The van der Waals surface area contributed by atoms with Gasteiger partial charge in [0.15, 0.2) is 5.43 Å². The van der Waals surface area contributed by atoms with Crippen molar-refractivity contribution in [2.75, 3.05) is 5.32 Å². The minimum absolute atomic E-state index is 0.105. The lowest BCUT2D eigenvalue weighted by atomic mass is 10.1. The Hall–Kier alpha value is -2.88. The topological polar surface area (TPSA) is 62.0 Å². The van der Waals surface area contributed by atoms with E-state index in [9.17, 15) is 9.59 Å². The maximum atomic E-state index is 12.3. The summed E-state index contributed by atoms with van der Waals surface area (Å²) >= 11 is 0. The number of amides is 1. The predicted molar refractivity (Wildman–Crippen MR) is 83.7 cm³/mol. The molecule has 104 valence electrons. The van der Waals surface area contributed by atoms with Crippen molar-refractivity contribution >= 4 is 22.4 Å². The molecule has 0 radical (unpaired) electrons. The van der Waals surface area contributed by atoms with E-state index >= 15 is 0 Å². The molecule has 0 atom stereocenters. The first-order valence-corrected chi connectivity index (χ1v) is 6.63. The third-order valence-electron chi connectivity index (χ3n) is 3.34. The van der Waals surface area contributed by atoms with E-state index in [0.29, 0.717) is 5.69 Å². The van der Waals surface area contributed by atoms with Crippen LogP contribution in [0.25, 0.3) is 10.8 Å². The number of rotatable bonds is 2. The lowest BCUT2D eigenvalue weighted by Gasteiger charge is -2.08. The fraction of sp³-hybridized carbons (Fsp3) is 0.0588. The molecule has 1 amide bonds. The van der Waals surface area contributed by atoms with E-state index in [0.717, 1.165) is 16.5 Å². The lowest BCUT2D eigenvalue weighted by Crippen LogP contribution is -2.21. The molecule has 0 aliphatic rings. The molecule has 1 heterocycles. The van der Waals surface area contributed by atoms with E-state index < -0.39 is 5.91 Å². The number of hydrogen-bond donors (Lipinski definition) is 2. The van der Waals surface area contributed by atoms with Gasteiger partial charge in [-0.25, -0.2) is 0 Å². The Morgan fingerprint density at radius 2 is 1.86 bits per heavy atom. The summed E-state index contributed by atoms with van der Waals surface area (Å²) in [6, 6.07) is 14.9. The van der Waals surface area contributed by atoms with Crippen LogP contribution in [0.3, 0.4) is 0 Å². The molecule has 0 fully saturated rings. The Kier molecular flexibility index (Phi) is 3.28. The highest BCUT2D eigenvalue weighted by Gasteiger charge is 2.11. The molecule has 0 spiro atoms. The third-order valence-corrected chi connectivity index (χ3v) is 3.34. The van der Waals surface area contributed by atoms with Gasteiger partial charge in [0, 0.05) is 29.0 Å². The number of carbonyl (C=O) groups is 1. The summed E-state index contributed by atoms with van der Waals surface area (Å²) in [7, 11) is 0. The van der Waals surface area contributed by atoms with Crippen LogP contribution in [0.2, 0.25) is 0 Å². The molecular formula is C17H14N2O2. The van der Waals surface area contributed by atoms with Gasteiger partial charge in [0.2, 0.25) is 0 Å². The molecule has 2 aromatic carbocycles. The zero-order valence-electron chi connectivity index (χ0n) is 11.5. The molecule has 0 aliphatic heterocycles. The number of fused-ring (bicyclic) bond motifs is 1. The largest absolute Gasteiger partial charge is 0.364 e. The minimum Gasteiger partial charge on any atom is -0.364 e. The van der Waals surface area contributed by atoms with E-state index in [1.165, 1.54) is 12.3 Å². The van der Waals surface area contributed by atoms with Gasteiger partial charge in [-0.3, -0.25) is 9.59 Å². The maximum Gasteiger partial charge on any atom is 0.261 e. The smallest absolute Gasteiger partial charge is 0.261 e. The van der Waals surface area contributed by atoms with Crippen molar-refractivity contribution < 1.29 is 4.79 Å². The Morgan fingerprint density at radius 1 is 1.10 bits per heavy atom.